The van der Waals surface area contributed by atoms with Crippen LogP contribution in [0.3, 0.4) is 0 Å². The van der Waals surface area contributed by atoms with Gasteiger partial charge in [-0.05, 0) is 24.5 Å². The molecule has 0 aliphatic carbocycles. The number of aryl methyl sites for hydroxylation is 1. The van der Waals surface area contributed by atoms with Gasteiger partial charge in [-0.15, -0.1) is 0 Å². The van der Waals surface area contributed by atoms with Gasteiger partial charge in [-0.2, -0.15) is 0 Å². The fraction of sp³-hybridized carbons (Fsp3) is 0.600. The second-order valence-corrected chi connectivity index (χ2v) is 3.53. The number of aliphatic hydroxyl groups excluding tert-OH is 1. The van der Waals surface area contributed by atoms with Gasteiger partial charge in [-0.1, -0.05) is 13.3 Å². The molecule has 2 nitrogen and oxygen atoms in total. The van der Waals surface area contributed by atoms with Gasteiger partial charge in [0.05, 0.1) is 6.10 Å². The Balaban J connectivity index is 2.29. The van der Waals surface area contributed by atoms with Crippen LogP contribution < -0.4 is 0 Å². The van der Waals surface area contributed by atoms with Crippen LogP contribution in [0, 0.1) is 5.92 Å². The first-order valence-electron chi connectivity index (χ1n) is 4.66. The molecule has 2 heteroatoms. The van der Waals surface area contributed by atoms with Gasteiger partial charge in [-0.25, -0.2) is 0 Å². The summed E-state index contributed by atoms with van der Waals surface area (Å²) in [6.45, 7) is 3.21. The second kappa shape index (κ2) is 2.94. The highest BCUT2D eigenvalue weighted by Crippen LogP contribution is 2.32. The SMILES string of the molecule is CCC1CCn2cccc2C1O. The molecule has 2 unspecified atom stereocenters. The Morgan fingerprint density at radius 3 is 3.25 bits per heavy atom. The van der Waals surface area contributed by atoms with Gasteiger partial charge >= 0.3 is 0 Å². The fourth-order valence-electron chi connectivity index (χ4n) is 2.03. The number of hydrogen-bond acceptors (Lipinski definition) is 1. The van der Waals surface area contributed by atoms with E-state index in [4.69, 9.17) is 0 Å². The van der Waals surface area contributed by atoms with Crippen molar-refractivity contribution in [2.24, 2.45) is 5.92 Å². The van der Waals surface area contributed by atoms with Gasteiger partial charge in [-0.3, -0.25) is 0 Å². The minimum absolute atomic E-state index is 0.237. The molecule has 0 bridgehead atoms. The lowest BCUT2D eigenvalue weighted by Gasteiger charge is -2.28. The van der Waals surface area contributed by atoms with Crippen molar-refractivity contribution in [3.05, 3.63) is 24.0 Å². The number of aliphatic hydroxyl groups is 1. The first kappa shape index (κ1) is 7.87. The maximum absolute atomic E-state index is 9.89. The lowest BCUT2D eigenvalue weighted by Crippen LogP contribution is -2.23. The molecule has 0 amide bonds. The molecular formula is C10H15NO. The van der Waals surface area contributed by atoms with E-state index in [0.717, 1.165) is 25.1 Å². The van der Waals surface area contributed by atoms with Crippen LogP contribution in [0.15, 0.2) is 18.3 Å². The molecule has 0 saturated heterocycles. The number of hydrogen-bond donors (Lipinski definition) is 1. The normalized spacial score (nSPS) is 28.5. The third-order valence-electron chi connectivity index (χ3n) is 2.88. The molecule has 0 saturated carbocycles. The van der Waals surface area contributed by atoms with E-state index >= 15 is 0 Å². The summed E-state index contributed by atoms with van der Waals surface area (Å²) >= 11 is 0. The van der Waals surface area contributed by atoms with E-state index in [1.165, 1.54) is 0 Å². The van der Waals surface area contributed by atoms with Crippen LogP contribution in [-0.2, 0) is 6.54 Å². The summed E-state index contributed by atoms with van der Waals surface area (Å²) in [4.78, 5) is 0. The van der Waals surface area contributed by atoms with Gasteiger partial charge in [0.25, 0.3) is 0 Å². The second-order valence-electron chi connectivity index (χ2n) is 3.53. The van der Waals surface area contributed by atoms with Crippen molar-refractivity contribution >= 4 is 0 Å². The highest BCUT2D eigenvalue weighted by Gasteiger charge is 2.25. The van der Waals surface area contributed by atoms with Crippen LogP contribution in [0.1, 0.15) is 31.6 Å². The predicted molar refractivity (Wildman–Crippen MR) is 47.8 cm³/mol. The van der Waals surface area contributed by atoms with Crippen LogP contribution in [0.4, 0.5) is 0 Å². The highest BCUT2D eigenvalue weighted by molar-refractivity contribution is 5.13. The third kappa shape index (κ3) is 1.07. The summed E-state index contributed by atoms with van der Waals surface area (Å²) in [7, 11) is 0. The zero-order valence-electron chi connectivity index (χ0n) is 7.40. The minimum Gasteiger partial charge on any atom is -0.387 e. The van der Waals surface area contributed by atoms with Crippen molar-refractivity contribution < 1.29 is 5.11 Å². The predicted octanol–water partition coefficient (Wildman–Crippen LogP) is 1.95. The van der Waals surface area contributed by atoms with E-state index in [-0.39, 0.29) is 6.10 Å². The lowest BCUT2D eigenvalue weighted by molar-refractivity contribution is 0.0741. The van der Waals surface area contributed by atoms with Crippen molar-refractivity contribution in [2.75, 3.05) is 0 Å². The molecule has 2 rings (SSSR count). The molecule has 0 fully saturated rings. The summed E-state index contributed by atoms with van der Waals surface area (Å²) in [6, 6.07) is 4.03. The summed E-state index contributed by atoms with van der Waals surface area (Å²) in [5, 5.41) is 9.89. The molecule has 0 aromatic carbocycles. The van der Waals surface area contributed by atoms with Crippen LogP contribution in [0.2, 0.25) is 0 Å². The van der Waals surface area contributed by atoms with Gasteiger partial charge in [0.1, 0.15) is 0 Å². The maximum Gasteiger partial charge on any atom is 0.0968 e. The Kier molecular flexibility index (Phi) is 1.93. The van der Waals surface area contributed by atoms with Gasteiger partial charge < -0.3 is 9.67 Å². The molecule has 1 N–H and O–H groups in total. The number of rotatable bonds is 1. The molecule has 1 aliphatic heterocycles. The standard InChI is InChI=1S/C10H15NO/c1-2-8-5-7-11-6-3-4-9(11)10(8)12/h3-4,6,8,10,12H,2,5,7H2,1H3. The number of nitrogens with zero attached hydrogens (tertiary/aromatic N) is 1. The third-order valence-corrected chi connectivity index (χ3v) is 2.88. The Labute approximate surface area is 72.8 Å². The van der Waals surface area contributed by atoms with Crippen molar-refractivity contribution in [3.8, 4) is 0 Å². The van der Waals surface area contributed by atoms with E-state index in [2.05, 4.69) is 11.5 Å². The molecular weight excluding hydrogens is 150 g/mol. The fourth-order valence-corrected chi connectivity index (χ4v) is 2.03. The van der Waals surface area contributed by atoms with E-state index in [1.807, 2.05) is 18.3 Å². The lowest BCUT2D eigenvalue weighted by atomic mass is 9.91. The summed E-state index contributed by atoms with van der Waals surface area (Å²) < 4.78 is 2.15. The molecule has 2 heterocycles. The van der Waals surface area contributed by atoms with Gasteiger partial charge in [0.15, 0.2) is 0 Å². The Morgan fingerprint density at radius 2 is 2.50 bits per heavy atom. The molecule has 0 spiro atoms. The smallest absolute Gasteiger partial charge is 0.0968 e. The minimum atomic E-state index is -0.237. The van der Waals surface area contributed by atoms with E-state index in [9.17, 15) is 5.11 Å². The van der Waals surface area contributed by atoms with Gasteiger partial charge in [0.2, 0.25) is 0 Å². The van der Waals surface area contributed by atoms with Crippen LogP contribution in [0.25, 0.3) is 0 Å². The van der Waals surface area contributed by atoms with E-state index in [0.29, 0.717) is 5.92 Å². The molecule has 1 aromatic rings. The Morgan fingerprint density at radius 1 is 1.67 bits per heavy atom. The molecule has 1 aromatic heterocycles. The van der Waals surface area contributed by atoms with Crippen LogP contribution >= 0.6 is 0 Å². The number of aromatic nitrogens is 1. The van der Waals surface area contributed by atoms with Crippen LogP contribution in [0.5, 0.6) is 0 Å². The van der Waals surface area contributed by atoms with E-state index in [1.54, 1.807) is 0 Å². The molecule has 12 heavy (non-hydrogen) atoms. The topological polar surface area (TPSA) is 25.2 Å². The zero-order valence-corrected chi connectivity index (χ0v) is 7.40. The summed E-state index contributed by atoms with van der Waals surface area (Å²) in [5.41, 5.74) is 1.09. The van der Waals surface area contributed by atoms with Crippen molar-refractivity contribution in [3.63, 3.8) is 0 Å². The highest BCUT2D eigenvalue weighted by atomic mass is 16.3. The average Bonchev–Trinajstić information content (AvgIpc) is 2.53. The summed E-state index contributed by atoms with van der Waals surface area (Å²) in [5.74, 6) is 0.465. The number of fused-ring (bicyclic) bond motifs is 1. The zero-order chi connectivity index (χ0) is 8.55. The monoisotopic (exact) mass is 165 g/mol. The Hall–Kier alpha value is -0.760. The molecule has 2 atom stereocenters. The van der Waals surface area contributed by atoms with Crippen molar-refractivity contribution in [2.45, 2.75) is 32.4 Å². The molecule has 1 aliphatic rings. The first-order valence-corrected chi connectivity index (χ1v) is 4.66. The maximum atomic E-state index is 9.89. The average molecular weight is 165 g/mol. The van der Waals surface area contributed by atoms with Crippen molar-refractivity contribution in [1.82, 2.24) is 4.57 Å². The summed E-state index contributed by atoms with van der Waals surface area (Å²) in [6.07, 6.45) is 3.99. The molecule has 0 radical (unpaired) electrons. The van der Waals surface area contributed by atoms with E-state index < -0.39 is 0 Å². The van der Waals surface area contributed by atoms with Crippen molar-refractivity contribution in [1.29, 1.82) is 0 Å². The first-order chi connectivity index (χ1) is 5.83. The molecule has 66 valence electrons. The van der Waals surface area contributed by atoms with Gasteiger partial charge in [0, 0.05) is 18.4 Å². The van der Waals surface area contributed by atoms with Crippen LogP contribution in [-0.4, -0.2) is 9.67 Å². The Bertz CT molecular complexity index is 267. The quantitative estimate of drug-likeness (QED) is 0.676. The largest absolute Gasteiger partial charge is 0.387 e.